The normalized spacial score (nSPS) is 15.9. The largest absolute Gasteiger partial charge is 0.350 e. The molecule has 0 unspecified atom stereocenters. The lowest BCUT2D eigenvalue weighted by Crippen LogP contribution is -2.30. The summed E-state index contributed by atoms with van der Waals surface area (Å²) in [5, 5.41) is 2.90. The van der Waals surface area contributed by atoms with Crippen LogP contribution < -0.4 is 5.32 Å². The topological polar surface area (TPSA) is 29.1 Å². The molecule has 0 spiro atoms. The van der Waals surface area contributed by atoms with Gasteiger partial charge in [0.2, 0.25) is 0 Å². The van der Waals surface area contributed by atoms with Gasteiger partial charge in [-0.15, -0.1) is 0 Å². The summed E-state index contributed by atoms with van der Waals surface area (Å²) >= 11 is 0. The number of carbonyl (C=O) groups excluding carboxylic acids is 1. The first kappa shape index (κ1) is 11.2. The van der Waals surface area contributed by atoms with Gasteiger partial charge in [0.1, 0.15) is 0 Å². The summed E-state index contributed by atoms with van der Waals surface area (Å²) in [6, 6.07) is 8.26. The molecule has 1 aliphatic rings. The van der Waals surface area contributed by atoms with Crippen molar-refractivity contribution in [1.29, 1.82) is 0 Å². The molecule has 1 saturated carbocycles. The first-order chi connectivity index (χ1) is 7.66. The Morgan fingerprint density at radius 2 is 1.88 bits per heavy atom. The van der Waals surface area contributed by atoms with E-state index in [0.29, 0.717) is 0 Å². The highest BCUT2D eigenvalue weighted by Crippen LogP contribution is 2.36. The molecule has 86 valence electrons. The van der Waals surface area contributed by atoms with Crippen LogP contribution in [0.25, 0.3) is 0 Å². The van der Waals surface area contributed by atoms with Gasteiger partial charge >= 0.3 is 0 Å². The third-order valence-corrected chi connectivity index (χ3v) is 3.17. The molecule has 0 saturated heterocycles. The van der Waals surface area contributed by atoms with Crippen molar-refractivity contribution in [3.63, 3.8) is 0 Å². The molecule has 1 aromatic carbocycles. The quantitative estimate of drug-likeness (QED) is 0.828. The molecular formula is C14H19NO. The first-order valence-corrected chi connectivity index (χ1v) is 6.07. The van der Waals surface area contributed by atoms with Gasteiger partial charge < -0.3 is 5.32 Å². The molecule has 16 heavy (non-hydrogen) atoms. The van der Waals surface area contributed by atoms with Gasteiger partial charge in [0.15, 0.2) is 0 Å². The van der Waals surface area contributed by atoms with Crippen molar-refractivity contribution in [2.24, 2.45) is 0 Å². The molecular weight excluding hydrogens is 198 g/mol. The Hall–Kier alpha value is -1.31. The summed E-state index contributed by atoms with van der Waals surface area (Å²) in [6.45, 7) is 3.95. The number of hydrogen-bond acceptors (Lipinski definition) is 1. The Labute approximate surface area is 97.1 Å². The van der Waals surface area contributed by atoms with Crippen molar-refractivity contribution in [2.45, 2.75) is 45.1 Å². The predicted octanol–water partition coefficient (Wildman–Crippen LogP) is 3.09. The van der Waals surface area contributed by atoms with E-state index in [0.717, 1.165) is 11.5 Å². The van der Waals surface area contributed by atoms with E-state index >= 15 is 0 Å². The highest BCUT2D eigenvalue weighted by Gasteiger charge is 2.19. The van der Waals surface area contributed by atoms with Crippen LogP contribution in [0.3, 0.4) is 0 Å². The van der Waals surface area contributed by atoms with E-state index in [9.17, 15) is 4.79 Å². The zero-order valence-electron chi connectivity index (χ0n) is 9.99. The molecule has 2 rings (SSSR count). The molecule has 1 N–H and O–H groups in total. The van der Waals surface area contributed by atoms with Crippen LogP contribution in [0, 0.1) is 0 Å². The van der Waals surface area contributed by atoms with Crippen LogP contribution in [0.15, 0.2) is 24.3 Å². The van der Waals surface area contributed by atoms with E-state index < -0.39 is 0 Å². The highest BCUT2D eigenvalue weighted by molar-refractivity contribution is 5.94. The molecule has 1 aromatic rings. The second-order valence-electron chi connectivity index (χ2n) is 4.88. The van der Waals surface area contributed by atoms with Gasteiger partial charge in [-0.05, 0) is 50.3 Å². The standard InChI is InChI=1S/C14H19NO/c1-10(2)15-14(16)13-8-6-12(7-9-13)11-4-3-5-11/h6-11H,3-5H2,1-2H3,(H,15,16). The van der Waals surface area contributed by atoms with E-state index in [4.69, 9.17) is 0 Å². The van der Waals surface area contributed by atoms with E-state index in [1.54, 1.807) is 0 Å². The third-order valence-electron chi connectivity index (χ3n) is 3.17. The fourth-order valence-electron chi connectivity index (χ4n) is 1.99. The van der Waals surface area contributed by atoms with Gasteiger partial charge in [0.25, 0.3) is 5.91 Å². The molecule has 1 amide bonds. The van der Waals surface area contributed by atoms with E-state index in [1.165, 1.54) is 24.8 Å². The molecule has 0 aliphatic heterocycles. The van der Waals surface area contributed by atoms with Gasteiger partial charge in [0.05, 0.1) is 0 Å². The first-order valence-electron chi connectivity index (χ1n) is 6.07. The maximum atomic E-state index is 11.7. The zero-order valence-corrected chi connectivity index (χ0v) is 9.99. The molecule has 2 heteroatoms. The van der Waals surface area contributed by atoms with Crippen molar-refractivity contribution in [3.05, 3.63) is 35.4 Å². The van der Waals surface area contributed by atoms with E-state index in [-0.39, 0.29) is 11.9 Å². The van der Waals surface area contributed by atoms with Crippen molar-refractivity contribution in [1.82, 2.24) is 5.32 Å². The highest BCUT2D eigenvalue weighted by atomic mass is 16.1. The Morgan fingerprint density at radius 3 is 2.31 bits per heavy atom. The van der Waals surface area contributed by atoms with E-state index in [2.05, 4.69) is 17.4 Å². The van der Waals surface area contributed by atoms with Crippen molar-refractivity contribution < 1.29 is 4.79 Å². The molecule has 0 atom stereocenters. The molecule has 2 nitrogen and oxygen atoms in total. The molecule has 0 aromatic heterocycles. The smallest absolute Gasteiger partial charge is 0.251 e. The molecule has 0 bridgehead atoms. The number of rotatable bonds is 3. The van der Waals surface area contributed by atoms with Crippen molar-refractivity contribution in [3.8, 4) is 0 Å². The third kappa shape index (κ3) is 2.43. The summed E-state index contributed by atoms with van der Waals surface area (Å²) in [6.07, 6.45) is 3.95. The predicted molar refractivity (Wildman–Crippen MR) is 65.6 cm³/mol. The van der Waals surface area contributed by atoms with Gasteiger partial charge in [-0.25, -0.2) is 0 Å². The number of carbonyl (C=O) groups is 1. The van der Waals surface area contributed by atoms with Crippen LogP contribution in [0.1, 0.15) is 54.9 Å². The van der Waals surface area contributed by atoms with Crippen LogP contribution in [-0.2, 0) is 0 Å². The number of hydrogen-bond donors (Lipinski definition) is 1. The van der Waals surface area contributed by atoms with Crippen LogP contribution in [0.5, 0.6) is 0 Å². The van der Waals surface area contributed by atoms with Crippen molar-refractivity contribution >= 4 is 5.91 Å². The van der Waals surface area contributed by atoms with Gasteiger partial charge in [0, 0.05) is 11.6 Å². The monoisotopic (exact) mass is 217 g/mol. The van der Waals surface area contributed by atoms with Gasteiger partial charge in [-0.1, -0.05) is 18.6 Å². The minimum atomic E-state index is 0.0233. The maximum absolute atomic E-state index is 11.7. The van der Waals surface area contributed by atoms with Crippen molar-refractivity contribution in [2.75, 3.05) is 0 Å². The number of nitrogens with one attached hydrogen (secondary N) is 1. The SMILES string of the molecule is CC(C)NC(=O)c1ccc(C2CCC2)cc1. The number of amides is 1. The second kappa shape index (κ2) is 4.69. The van der Waals surface area contributed by atoms with E-state index in [1.807, 2.05) is 26.0 Å². The summed E-state index contributed by atoms with van der Waals surface area (Å²) in [5.41, 5.74) is 2.14. The second-order valence-corrected chi connectivity index (χ2v) is 4.88. The summed E-state index contributed by atoms with van der Waals surface area (Å²) < 4.78 is 0. The average Bonchev–Trinajstić information content (AvgIpc) is 2.15. The molecule has 1 aliphatic carbocycles. The Kier molecular flexibility index (Phi) is 3.28. The van der Waals surface area contributed by atoms with Gasteiger partial charge in [-0.2, -0.15) is 0 Å². The Balaban J connectivity index is 2.03. The van der Waals surface area contributed by atoms with Crippen LogP contribution >= 0.6 is 0 Å². The number of benzene rings is 1. The minimum Gasteiger partial charge on any atom is -0.350 e. The summed E-state index contributed by atoms with van der Waals surface area (Å²) in [4.78, 5) is 11.7. The Bertz CT molecular complexity index is 363. The lowest BCUT2D eigenvalue weighted by molar-refractivity contribution is 0.0943. The van der Waals surface area contributed by atoms with Crippen LogP contribution in [-0.4, -0.2) is 11.9 Å². The van der Waals surface area contributed by atoms with Crippen LogP contribution in [0.2, 0.25) is 0 Å². The maximum Gasteiger partial charge on any atom is 0.251 e. The molecule has 0 heterocycles. The van der Waals surface area contributed by atoms with Gasteiger partial charge in [-0.3, -0.25) is 4.79 Å². The summed E-state index contributed by atoms with van der Waals surface area (Å²) in [5.74, 6) is 0.761. The lowest BCUT2D eigenvalue weighted by Gasteiger charge is -2.25. The zero-order chi connectivity index (χ0) is 11.5. The lowest BCUT2D eigenvalue weighted by atomic mass is 9.80. The summed E-state index contributed by atoms with van der Waals surface area (Å²) in [7, 11) is 0. The fourth-order valence-corrected chi connectivity index (χ4v) is 1.99. The Morgan fingerprint density at radius 1 is 1.25 bits per heavy atom. The fraction of sp³-hybridized carbons (Fsp3) is 0.500. The molecule has 1 fully saturated rings. The molecule has 0 radical (unpaired) electrons. The van der Waals surface area contributed by atoms with Crippen LogP contribution in [0.4, 0.5) is 0 Å². The average molecular weight is 217 g/mol. The minimum absolute atomic E-state index is 0.0233.